The first-order chi connectivity index (χ1) is 10.2. The minimum atomic E-state index is 0. The Morgan fingerprint density at radius 3 is 2.45 bits per heavy atom. The molecule has 0 aliphatic rings. The van der Waals surface area contributed by atoms with Crippen LogP contribution < -0.4 is 10.6 Å². The van der Waals surface area contributed by atoms with Crippen LogP contribution in [-0.4, -0.2) is 22.2 Å². The molecule has 0 amide bonds. The predicted molar refractivity (Wildman–Crippen MR) is 101 cm³/mol. The fraction of sp³-hybridized carbons (Fsp3) is 0.312. The number of phenols is 1. The first-order valence-corrected chi connectivity index (χ1v) is 7.08. The average molecular weight is 414 g/mol. The van der Waals surface area contributed by atoms with Gasteiger partial charge in [0.1, 0.15) is 5.75 Å². The summed E-state index contributed by atoms with van der Waals surface area (Å²) in [6.45, 7) is 4.17. The van der Waals surface area contributed by atoms with Crippen LogP contribution in [0.4, 0.5) is 0 Å². The van der Waals surface area contributed by atoms with Crippen molar-refractivity contribution in [3.8, 4) is 5.75 Å². The second kappa shape index (κ2) is 9.34. The highest BCUT2D eigenvalue weighted by Crippen LogP contribution is 2.09. The van der Waals surface area contributed by atoms with Crippen LogP contribution in [0, 0.1) is 0 Å². The molecule has 1 aromatic carbocycles. The topological polar surface area (TPSA) is 61.6 Å². The van der Waals surface area contributed by atoms with Gasteiger partial charge in [-0.25, -0.2) is 4.99 Å². The summed E-state index contributed by atoms with van der Waals surface area (Å²) < 4.78 is 2.02. The molecule has 1 heterocycles. The number of hydrogen-bond donors (Lipinski definition) is 3. The molecule has 0 radical (unpaired) electrons. The van der Waals surface area contributed by atoms with Gasteiger partial charge in [0.05, 0.1) is 6.54 Å². The highest BCUT2D eigenvalue weighted by atomic mass is 127. The molecule has 0 atom stereocenters. The van der Waals surface area contributed by atoms with Gasteiger partial charge < -0.3 is 20.3 Å². The zero-order valence-corrected chi connectivity index (χ0v) is 15.2. The van der Waals surface area contributed by atoms with E-state index < -0.39 is 0 Å². The molecular formula is C16H23IN4O. The second-order valence-electron chi connectivity index (χ2n) is 4.90. The molecule has 0 saturated carbocycles. The first kappa shape index (κ1) is 18.3. The second-order valence-corrected chi connectivity index (χ2v) is 4.90. The first-order valence-electron chi connectivity index (χ1n) is 7.08. The van der Waals surface area contributed by atoms with E-state index in [4.69, 9.17) is 0 Å². The Morgan fingerprint density at radius 1 is 1.14 bits per heavy atom. The standard InChI is InChI=1S/C16H22N4O.HI/c1-3-17-16(19-11-14-8-9-20(2)12-14)18-10-13-4-6-15(21)7-5-13;/h4-9,12,21H,3,10-11H2,1-2H3,(H2,17,18,19);1H. The van der Waals surface area contributed by atoms with Crippen molar-refractivity contribution in [3.05, 3.63) is 53.9 Å². The highest BCUT2D eigenvalue weighted by Gasteiger charge is 1.99. The normalized spacial score (nSPS) is 10.9. The van der Waals surface area contributed by atoms with E-state index >= 15 is 0 Å². The van der Waals surface area contributed by atoms with Crippen molar-refractivity contribution >= 4 is 29.9 Å². The fourth-order valence-electron chi connectivity index (χ4n) is 1.97. The van der Waals surface area contributed by atoms with Gasteiger partial charge in [-0.3, -0.25) is 0 Å². The Balaban J connectivity index is 0.00000242. The third-order valence-corrected chi connectivity index (χ3v) is 3.05. The van der Waals surface area contributed by atoms with Crippen molar-refractivity contribution in [2.45, 2.75) is 20.0 Å². The lowest BCUT2D eigenvalue weighted by atomic mass is 10.2. The number of aliphatic imine (C=N–C) groups is 1. The molecule has 120 valence electrons. The lowest BCUT2D eigenvalue weighted by molar-refractivity contribution is 0.475. The molecule has 0 bridgehead atoms. The molecule has 5 nitrogen and oxygen atoms in total. The molecule has 1 aromatic heterocycles. The van der Waals surface area contributed by atoms with Crippen molar-refractivity contribution in [1.29, 1.82) is 0 Å². The maximum absolute atomic E-state index is 9.27. The molecule has 0 saturated heterocycles. The Bertz CT molecular complexity index is 592. The summed E-state index contributed by atoms with van der Waals surface area (Å²) in [4.78, 5) is 4.56. The number of nitrogens with zero attached hydrogens (tertiary/aromatic N) is 2. The van der Waals surface area contributed by atoms with Crippen molar-refractivity contribution in [1.82, 2.24) is 15.2 Å². The van der Waals surface area contributed by atoms with Gasteiger partial charge in [-0.05, 0) is 36.2 Å². The van der Waals surface area contributed by atoms with E-state index in [0.29, 0.717) is 13.1 Å². The van der Waals surface area contributed by atoms with Crippen LogP contribution >= 0.6 is 24.0 Å². The third-order valence-electron chi connectivity index (χ3n) is 3.05. The highest BCUT2D eigenvalue weighted by molar-refractivity contribution is 14.0. The summed E-state index contributed by atoms with van der Waals surface area (Å²) in [5.41, 5.74) is 2.28. The molecule has 0 fully saturated rings. The van der Waals surface area contributed by atoms with Crippen LogP contribution in [0.15, 0.2) is 47.7 Å². The van der Waals surface area contributed by atoms with Crippen molar-refractivity contribution < 1.29 is 5.11 Å². The van der Waals surface area contributed by atoms with E-state index in [1.807, 2.05) is 36.9 Å². The van der Waals surface area contributed by atoms with E-state index in [1.165, 1.54) is 5.56 Å². The van der Waals surface area contributed by atoms with Crippen LogP contribution in [0.1, 0.15) is 18.1 Å². The minimum absolute atomic E-state index is 0. The molecular weight excluding hydrogens is 391 g/mol. The van der Waals surface area contributed by atoms with E-state index in [9.17, 15) is 5.11 Å². The smallest absolute Gasteiger partial charge is 0.191 e. The molecule has 0 spiro atoms. The maximum Gasteiger partial charge on any atom is 0.191 e. The van der Waals surface area contributed by atoms with Gasteiger partial charge in [0, 0.05) is 32.5 Å². The van der Waals surface area contributed by atoms with Gasteiger partial charge >= 0.3 is 0 Å². The number of rotatable bonds is 5. The Kier molecular flexibility index (Phi) is 7.79. The summed E-state index contributed by atoms with van der Waals surface area (Å²) in [6.07, 6.45) is 4.08. The van der Waals surface area contributed by atoms with E-state index in [0.717, 1.165) is 18.1 Å². The van der Waals surface area contributed by atoms with Crippen LogP contribution in [-0.2, 0) is 20.1 Å². The number of halogens is 1. The summed E-state index contributed by atoms with van der Waals surface area (Å²) >= 11 is 0. The zero-order chi connectivity index (χ0) is 15.1. The van der Waals surface area contributed by atoms with Gasteiger partial charge in [-0.1, -0.05) is 12.1 Å². The quantitative estimate of drug-likeness (QED) is 0.401. The number of aromatic nitrogens is 1. The summed E-state index contributed by atoms with van der Waals surface area (Å²) in [5, 5.41) is 15.8. The fourth-order valence-corrected chi connectivity index (χ4v) is 1.97. The lowest BCUT2D eigenvalue weighted by Gasteiger charge is -2.11. The molecule has 6 heteroatoms. The number of aromatic hydroxyl groups is 1. The lowest BCUT2D eigenvalue weighted by Crippen LogP contribution is -2.36. The predicted octanol–water partition coefficient (Wildman–Crippen LogP) is 2.60. The van der Waals surface area contributed by atoms with Gasteiger partial charge in [0.25, 0.3) is 0 Å². The summed E-state index contributed by atoms with van der Waals surface area (Å²) in [6, 6.07) is 9.22. The number of aryl methyl sites for hydroxylation is 1. The Hall–Kier alpha value is -1.70. The third kappa shape index (κ3) is 5.97. The van der Waals surface area contributed by atoms with Gasteiger partial charge in [-0.15, -0.1) is 24.0 Å². The monoisotopic (exact) mass is 414 g/mol. The number of benzene rings is 1. The van der Waals surface area contributed by atoms with E-state index in [-0.39, 0.29) is 29.7 Å². The molecule has 0 aliphatic heterocycles. The van der Waals surface area contributed by atoms with Gasteiger partial charge in [-0.2, -0.15) is 0 Å². The number of guanidine groups is 1. The number of hydrogen-bond acceptors (Lipinski definition) is 2. The van der Waals surface area contributed by atoms with Crippen molar-refractivity contribution in [2.24, 2.45) is 12.0 Å². The molecule has 2 rings (SSSR count). The minimum Gasteiger partial charge on any atom is -0.508 e. The van der Waals surface area contributed by atoms with Gasteiger partial charge in [0.2, 0.25) is 0 Å². The van der Waals surface area contributed by atoms with Crippen LogP contribution in [0.3, 0.4) is 0 Å². The Labute approximate surface area is 148 Å². The average Bonchev–Trinajstić information content (AvgIpc) is 2.89. The van der Waals surface area contributed by atoms with Crippen LogP contribution in [0.2, 0.25) is 0 Å². The van der Waals surface area contributed by atoms with Crippen LogP contribution in [0.5, 0.6) is 5.75 Å². The summed E-state index contributed by atoms with van der Waals surface area (Å²) in [7, 11) is 2.00. The van der Waals surface area contributed by atoms with Gasteiger partial charge in [0.15, 0.2) is 5.96 Å². The largest absolute Gasteiger partial charge is 0.508 e. The molecule has 0 aliphatic carbocycles. The maximum atomic E-state index is 9.27. The molecule has 22 heavy (non-hydrogen) atoms. The van der Waals surface area contributed by atoms with Crippen molar-refractivity contribution in [3.63, 3.8) is 0 Å². The zero-order valence-electron chi connectivity index (χ0n) is 12.9. The molecule has 3 N–H and O–H groups in total. The van der Waals surface area contributed by atoms with E-state index in [1.54, 1.807) is 12.1 Å². The SMILES string of the molecule is CCNC(=NCc1ccn(C)c1)NCc1ccc(O)cc1.I. The Morgan fingerprint density at radius 2 is 1.86 bits per heavy atom. The molecule has 0 unspecified atom stereocenters. The summed E-state index contributed by atoms with van der Waals surface area (Å²) in [5.74, 6) is 1.07. The molecule has 2 aromatic rings. The number of phenolic OH excluding ortho intramolecular Hbond substituents is 1. The van der Waals surface area contributed by atoms with E-state index in [2.05, 4.69) is 27.9 Å². The van der Waals surface area contributed by atoms with Crippen molar-refractivity contribution in [2.75, 3.05) is 6.54 Å². The van der Waals surface area contributed by atoms with Crippen LogP contribution in [0.25, 0.3) is 0 Å². The number of nitrogens with one attached hydrogen (secondary N) is 2.